The van der Waals surface area contributed by atoms with Crippen LogP contribution in [0.2, 0.25) is 12.6 Å². The van der Waals surface area contributed by atoms with E-state index in [0.717, 1.165) is 27.5 Å². The normalized spacial score (nSPS) is 13.1. The Morgan fingerprint density at radius 1 is 0.692 bits per heavy atom. The molecule has 0 spiro atoms. The number of aromatic nitrogens is 4. The molecule has 4 radical (unpaired) electrons. The van der Waals surface area contributed by atoms with E-state index in [4.69, 9.17) is 25.7 Å². The van der Waals surface area contributed by atoms with Gasteiger partial charge in [0, 0.05) is 71.0 Å². The second-order valence-electron chi connectivity index (χ2n) is 12.6. The van der Waals surface area contributed by atoms with Crippen LogP contribution in [-0.4, -0.2) is 50.5 Å². The van der Waals surface area contributed by atoms with Gasteiger partial charge in [-0.1, -0.05) is 79.1 Å². The minimum absolute atomic E-state index is 0.00962. The van der Waals surface area contributed by atoms with Gasteiger partial charge >= 0.3 is 0 Å². The number of para-hydroxylation sites is 1. The zero-order valence-electron chi connectivity index (χ0n) is 27.8. The molecule has 0 fully saturated rings. The average Bonchev–Trinajstić information content (AvgIpc) is 3.75. The van der Waals surface area contributed by atoms with E-state index in [0.29, 0.717) is 22.4 Å². The van der Waals surface area contributed by atoms with Crippen molar-refractivity contribution in [2.24, 2.45) is 0 Å². The summed E-state index contributed by atoms with van der Waals surface area (Å²) >= 11 is 1.83. The summed E-state index contributed by atoms with van der Waals surface area (Å²) in [6.45, 7) is 0. The Morgan fingerprint density at radius 3 is 2.23 bits per heavy atom. The number of allylic oxidation sites excluding steroid dienone is 3. The Morgan fingerprint density at radius 2 is 1.42 bits per heavy atom. The summed E-state index contributed by atoms with van der Waals surface area (Å²) in [7, 11) is 11.5. The molecule has 5 aromatic carbocycles. The predicted molar refractivity (Wildman–Crippen MR) is 215 cm³/mol. The van der Waals surface area contributed by atoms with Gasteiger partial charge in [-0.2, -0.15) is 0 Å². The topological polar surface area (TPSA) is 104 Å². The van der Waals surface area contributed by atoms with Crippen LogP contribution in [0.25, 0.3) is 86.4 Å². The molecule has 0 amide bonds. The van der Waals surface area contributed by atoms with Crippen LogP contribution in [0.1, 0.15) is 12.1 Å². The van der Waals surface area contributed by atoms with Gasteiger partial charge in [0.05, 0.1) is 43.8 Å². The van der Waals surface area contributed by atoms with Crippen LogP contribution in [0.5, 0.6) is 0 Å². The molecule has 0 atom stereocenters. The van der Waals surface area contributed by atoms with E-state index in [9.17, 15) is 15.3 Å². The smallest absolute Gasteiger partial charge is 0.165 e. The summed E-state index contributed by atoms with van der Waals surface area (Å²) in [5.74, 6) is -0.980. The molecule has 246 valence electrons. The summed E-state index contributed by atoms with van der Waals surface area (Å²) in [4.78, 5) is 14.2. The minimum atomic E-state index is -0.554. The second kappa shape index (κ2) is 12.6. The molecule has 4 aromatic heterocycles. The third-order valence-corrected chi connectivity index (χ3v) is 10.8. The van der Waals surface area contributed by atoms with Gasteiger partial charge in [0.2, 0.25) is 0 Å². The van der Waals surface area contributed by atoms with Gasteiger partial charge < -0.3 is 19.9 Å². The van der Waals surface area contributed by atoms with Crippen LogP contribution >= 0.6 is 11.3 Å². The molecule has 52 heavy (non-hydrogen) atoms. The van der Waals surface area contributed by atoms with E-state index in [1.54, 1.807) is 18.3 Å². The third kappa shape index (κ3) is 4.86. The summed E-state index contributed by atoms with van der Waals surface area (Å²) in [6, 6.07) is 37.2. The van der Waals surface area contributed by atoms with Gasteiger partial charge in [-0.15, -0.1) is 11.3 Å². The summed E-state index contributed by atoms with van der Waals surface area (Å²) in [5.41, 5.74) is 4.18. The maximum atomic E-state index is 11.2. The molecule has 9 aromatic rings. The first kappa shape index (κ1) is 31.8. The quantitative estimate of drug-likeness (QED) is 0.0874. The van der Waals surface area contributed by atoms with Crippen LogP contribution in [0.3, 0.4) is 0 Å². The van der Waals surface area contributed by atoms with Gasteiger partial charge in [-0.3, -0.25) is 0 Å². The maximum absolute atomic E-state index is 11.2. The Balaban J connectivity index is 1.34. The fourth-order valence-corrected chi connectivity index (χ4v) is 8.59. The van der Waals surface area contributed by atoms with E-state index in [-0.39, 0.29) is 41.8 Å². The highest BCUT2D eigenvalue weighted by Crippen LogP contribution is 2.48. The van der Waals surface area contributed by atoms with Gasteiger partial charge in [0.15, 0.2) is 17.2 Å². The number of pyridine rings is 1. The van der Waals surface area contributed by atoms with Crippen LogP contribution in [-0.2, 0) is 0 Å². The van der Waals surface area contributed by atoms with E-state index >= 15 is 0 Å². The highest BCUT2D eigenvalue weighted by atomic mass is 32.1. The molecule has 0 aliphatic heterocycles. The van der Waals surface area contributed by atoms with E-state index in [2.05, 4.69) is 88.4 Å². The minimum Gasteiger partial charge on any atom is -0.512 e. The summed E-state index contributed by atoms with van der Waals surface area (Å²) < 4.78 is 4.83. The van der Waals surface area contributed by atoms with Crippen molar-refractivity contribution in [3.63, 3.8) is 0 Å². The number of fused-ring (bicyclic) bond motifs is 11. The van der Waals surface area contributed by atoms with E-state index in [1.807, 2.05) is 29.5 Å². The molecule has 0 aliphatic rings. The largest absolute Gasteiger partial charge is 0.512 e. The van der Waals surface area contributed by atoms with Crippen LogP contribution in [0.15, 0.2) is 133 Å². The molecule has 0 bridgehead atoms. The van der Waals surface area contributed by atoms with Crippen molar-refractivity contribution in [3.8, 4) is 17.1 Å². The van der Waals surface area contributed by atoms with E-state index in [1.165, 1.54) is 30.9 Å². The molecule has 9 rings (SSSR count). The number of hydrogen-bond acceptors (Lipinski definition) is 7. The lowest BCUT2D eigenvalue weighted by Crippen LogP contribution is -2.05. The monoisotopic (exact) mass is 690 g/mol. The second-order valence-corrected chi connectivity index (χ2v) is 13.7. The Hall–Kier alpha value is -6.12. The van der Waals surface area contributed by atoms with Crippen LogP contribution in [0, 0.1) is 0 Å². The number of nitrogens with zero attached hydrogens (tertiary/aromatic N) is 4. The molecule has 0 unspecified atom stereocenters. The number of rotatable bonds is 7. The summed E-state index contributed by atoms with van der Waals surface area (Å²) in [5, 5.41) is 40.5. The fraction of sp³-hybridized carbons (Fsp3) is 0.0714. The highest BCUT2D eigenvalue weighted by Gasteiger charge is 2.24. The van der Waals surface area contributed by atoms with Crippen molar-refractivity contribution in [1.82, 2.24) is 19.5 Å². The van der Waals surface area contributed by atoms with Crippen LogP contribution in [0.4, 0.5) is 0 Å². The zero-order chi connectivity index (χ0) is 35.5. The Bertz CT molecular complexity index is 2970. The molecule has 3 N–H and O–H groups in total. The van der Waals surface area contributed by atoms with E-state index < -0.39 is 5.76 Å². The average molecular weight is 690 g/mol. The van der Waals surface area contributed by atoms with Crippen molar-refractivity contribution in [3.05, 3.63) is 138 Å². The Labute approximate surface area is 304 Å². The first-order valence-electron chi connectivity index (χ1n) is 16.9. The molecular formula is C42H28B2N4O3S. The highest BCUT2D eigenvalue weighted by molar-refractivity contribution is 7.27. The Kier molecular flexibility index (Phi) is 7.70. The maximum Gasteiger partial charge on any atom is 0.165 e. The van der Waals surface area contributed by atoms with Crippen molar-refractivity contribution >= 4 is 96.4 Å². The van der Waals surface area contributed by atoms with Gasteiger partial charge in [-0.25, -0.2) is 15.0 Å². The van der Waals surface area contributed by atoms with Crippen molar-refractivity contribution in [2.45, 2.75) is 19.1 Å². The number of aliphatic hydroxyl groups excluding tert-OH is 3. The fourth-order valence-electron chi connectivity index (χ4n) is 7.34. The van der Waals surface area contributed by atoms with Gasteiger partial charge in [-0.05, 0) is 42.7 Å². The lowest BCUT2D eigenvalue weighted by molar-refractivity contribution is 0.326. The van der Waals surface area contributed by atoms with Crippen molar-refractivity contribution < 1.29 is 15.3 Å². The van der Waals surface area contributed by atoms with Crippen molar-refractivity contribution in [1.29, 1.82) is 0 Å². The number of hydrogen-bond donors (Lipinski definition) is 3. The van der Waals surface area contributed by atoms with Gasteiger partial charge in [0.25, 0.3) is 0 Å². The number of thiophene rings is 1. The molecular weight excluding hydrogens is 662 g/mol. The summed E-state index contributed by atoms with van der Waals surface area (Å²) in [6.07, 6.45) is 1.39. The van der Waals surface area contributed by atoms with Crippen molar-refractivity contribution in [2.75, 3.05) is 0 Å². The first-order valence-corrected chi connectivity index (χ1v) is 17.7. The molecule has 0 saturated heterocycles. The lowest BCUT2D eigenvalue weighted by Gasteiger charge is -2.15. The molecule has 7 nitrogen and oxygen atoms in total. The zero-order valence-corrected chi connectivity index (χ0v) is 28.6. The molecule has 0 saturated carbocycles. The number of benzene rings is 5. The lowest BCUT2D eigenvalue weighted by atomic mass is 9.94. The predicted octanol–water partition coefficient (Wildman–Crippen LogP) is 10.5. The number of aliphatic hydroxyl groups is 3. The van der Waals surface area contributed by atoms with Crippen LogP contribution < -0.4 is 0 Å². The molecule has 10 heteroatoms. The van der Waals surface area contributed by atoms with Gasteiger partial charge in [0.1, 0.15) is 5.76 Å². The molecule has 0 aliphatic carbocycles. The molecule has 4 heterocycles. The first-order chi connectivity index (χ1) is 25.5. The standard InChI is InChI=1S/C42H28B2N4O3S/c43-19-18-31(49)39(51)36(32(50)22-44)37-29-15-8-20-45-42(29)47-41(46-37)23-9-7-10-24(21-23)48-30-16-5-3-13-27(30)34-35-28-14-4-6-17-33(28)52-40(35)26-12-2-1-11-25(26)38(34)48/h1-17,20-21,49-51H,18-19,22H2/b36-32+,39-31-. The third-order valence-electron chi connectivity index (χ3n) is 9.59. The SMILES string of the molecule is [B]CC/C(O)=C(O)\C(=C(\O)C[B])c1nc(-c2cccc(-n3c4ccccc4c4c5c6ccccc6sc5c5ccccc5c43)c2)nc2ncccc12.